The number of pyridine rings is 1. The number of aromatic nitrogens is 1. The van der Waals surface area contributed by atoms with Crippen LogP contribution in [0.1, 0.15) is 11.3 Å². The molecule has 0 unspecified atom stereocenters. The second-order valence-electron chi connectivity index (χ2n) is 7.73. The van der Waals surface area contributed by atoms with Gasteiger partial charge < -0.3 is 19.1 Å². The van der Waals surface area contributed by atoms with Crippen LogP contribution in [0.15, 0.2) is 41.5 Å². The van der Waals surface area contributed by atoms with Crippen molar-refractivity contribution < 1.29 is 14.2 Å². The Morgan fingerprint density at radius 1 is 1.06 bits per heavy atom. The first-order valence-electron chi connectivity index (χ1n) is 10.9. The Bertz CT molecular complexity index is 864. The van der Waals surface area contributed by atoms with E-state index in [1.807, 2.05) is 24.3 Å². The summed E-state index contributed by atoms with van der Waals surface area (Å²) in [6, 6.07) is 12.2. The number of nitrogens with zero attached hydrogens (tertiary/aromatic N) is 4. The van der Waals surface area contributed by atoms with Gasteiger partial charge in [-0.2, -0.15) is 5.10 Å². The highest BCUT2D eigenvalue weighted by Crippen LogP contribution is 2.22. The van der Waals surface area contributed by atoms with Crippen LogP contribution in [0.3, 0.4) is 0 Å². The molecule has 2 saturated heterocycles. The zero-order valence-corrected chi connectivity index (χ0v) is 18.1. The number of rotatable bonds is 8. The molecule has 0 amide bonds. The quantitative estimate of drug-likeness (QED) is 0.514. The summed E-state index contributed by atoms with van der Waals surface area (Å²) in [6.45, 7) is 10.2. The fourth-order valence-electron chi connectivity index (χ4n) is 3.65. The van der Waals surface area contributed by atoms with Gasteiger partial charge in [0.25, 0.3) is 0 Å². The fraction of sp³-hybridized carbons (Fsp3) is 0.478. The van der Waals surface area contributed by atoms with Gasteiger partial charge in [-0.05, 0) is 30.7 Å². The Morgan fingerprint density at radius 2 is 1.84 bits per heavy atom. The molecule has 1 aromatic carbocycles. The Hall–Kier alpha value is -2.68. The number of benzene rings is 1. The van der Waals surface area contributed by atoms with Crippen molar-refractivity contribution >= 4 is 17.6 Å². The summed E-state index contributed by atoms with van der Waals surface area (Å²) in [5, 5.41) is 4.38. The molecule has 1 aromatic heterocycles. The maximum atomic E-state index is 6.03. The van der Waals surface area contributed by atoms with Crippen molar-refractivity contribution in [1.82, 2.24) is 9.88 Å². The summed E-state index contributed by atoms with van der Waals surface area (Å²) in [5.74, 6) is 0.620. The van der Waals surface area contributed by atoms with E-state index in [0.717, 1.165) is 76.2 Å². The average molecular weight is 426 g/mol. The summed E-state index contributed by atoms with van der Waals surface area (Å²) < 4.78 is 16.9. The second kappa shape index (κ2) is 11.1. The van der Waals surface area contributed by atoms with Crippen molar-refractivity contribution in [2.45, 2.75) is 6.92 Å². The molecule has 2 aliphatic rings. The van der Waals surface area contributed by atoms with E-state index >= 15 is 0 Å². The van der Waals surface area contributed by atoms with Crippen molar-refractivity contribution in [3.63, 3.8) is 0 Å². The van der Waals surface area contributed by atoms with Crippen molar-refractivity contribution in [3.05, 3.63) is 47.7 Å². The van der Waals surface area contributed by atoms with Gasteiger partial charge in [-0.1, -0.05) is 12.1 Å². The smallest absolute Gasteiger partial charge is 0.215 e. The lowest BCUT2D eigenvalue weighted by Gasteiger charge is -2.29. The molecule has 0 atom stereocenters. The van der Waals surface area contributed by atoms with Gasteiger partial charge in [-0.15, -0.1) is 0 Å². The minimum atomic E-state index is 0.595. The van der Waals surface area contributed by atoms with Crippen molar-refractivity contribution in [2.24, 2.45) is 5.10 Å². The molecular formula is C23H31N5O3. The molecular weight excluding hydrogens is 394 g/mol. The Kier molecular flexibility index (Phi) is 7.71. The molecule has 0 aliphatic carbocycles. The van der Waals surface area contributed by atoms with Crippen LogP contribution < -0.4 is 15.1 Å². The molecule has 0 bridgehead atoms. The normalized spacial score (nSPS) is 17.8. The fourth-order valence-corrected chi connectivity index (χ4v) is 3.65. The molecule has 3 heterocycles. The topological polar surface area (TPSA) is 71.5 Å². The van der Waals surface area contributed by atoms with Crippen LogP contribution in [0.25, 0.3) is 0 Å². The zero-order valence-electron chi connectivity index (χ0n) is 18.1. The van der Waals surface area contributed by atoms with Crippen LogP contribution in [0.2, 0.25) is 0 Å². The summed E-state index contributed by atoms with van der Waals surface area (Å²) in [5.41, 5.74) is 7.04. The van der Waals surface area contributed by atoms with Crippen LogP contribution in [-0.2, 0) is 9.47 Å². The van der Waals surface area contributed by atoms with E-state index in [4.69, 9.17) is 14.2 Å². The molecule has 0 saturated carbocycles. The molecule has 2 aliphatic heterocycles. The largest absolute Gasteiger partial charge is 0.476 e. The van der Waals surface area contributed by atoms with Crippen molar-refractivity contribution in [2.75, 3.05) is 76.1 Å². The van der Waals surface area contributed by atoms with E-state index in [0.29, 0.717) is 12.5 Å². The van der Waals surface area contributed by atoms with Crippen LogP contribution in [0, 0.1) is 6.92 Å². The van der Waals surface area contributed by atoms with E-state index in [1.165, 1.54) is 5.56 Å². The van der Waals surface area contributed by atoms with Crippen LogP contribution in [-0.4, -0.2) is 81.9 Å². The number of morpholine rings is 2. The predicted molar refractivity (Wildman–Crippen MR) is 122 cm³/mol. The van der Waals surface area contributed by atoms with E-state index in [1.54, 1.807) is 6.21 Å². The lowest BCUT2D eigenvalue weighted by atomic mass is 10.2. The van der Waals surface area contributed by atoms with Gasteiger partial charge in [0.1, 0.15) is 6.61 Å². The van der Waals surface area contributed by atoms with Crippen molar-refractivity contribution in [1.29, 1.82) is 0 Å². The Morgan fingerprint density at radius 3 is 2.61 bits per heavy atom. The third kappa shape index (κ3) is 6.65. The van der Waals surface area contributed by atoms with E-state index in [9.17, 15) is 0 Å². The van der Waals surface area contributed by atoms with Crippen LogP contribution in [0.4, 0.5) is 11.4 Å². The van der Waals surface area contributed by atoms with Crippen molar-refractivity contribution in [3.8, 4) is 5.88 Å². The molecule has 8 nitrogen and oxygen atoms in total. The van der Waals surface area contributed by atoms with Crippen LogP contribution >= 0.6 is 0 Å². The Balaban J connectivity index is 1.43. The first-order valence-corrected chi connectivity index (χ1v) is 10.9. The minimum absolute atomic E-state index is 0.595. The summed E-state index contributed by atoms with van der Waals surface area (Å²) in [4.78, 5) is 9.29. The average Bonchev–Trinajstić information content (AvgIpc) is 2.80. The third-order valence-corrected chi connectivity index (χ3v) is 5.35. The van der Waals surface area contributed by atoms with Gasteiger partial charge in [0, 0.05) is 44.5 Å². The SMILES string of the molecule is Cc1cccc(N/N=C/c2cc(N3CCOCC3)cc(OCCN3CCOCC3)n2)c1. The standard InChI is InChI=1S/C23H31N5O3/c1-19-3-2-4-20(15-19)26-24-18-21-16-22(28-8-12-30-13-9-28)17-23(25-21)31-14-7-27-5-10-29-11-6-27/h2-4,15-18,26H,5-14H2,1H3/b24-18+. The van der Waals surface area contributed by atoms with E-state index < -0.39 is 0 Å². The van der Waals surface area contributed by atoms with Crippen LogP contribution in [0.5, 0.6) is 5.88 Å². The van der Waals surface area contributed by atoms with Gasteiger partial charge in [0.2, 0.25) is 5.88 Å². The first kappa shape index (κ1) is 21.5. The molecule has 0 spiro atoms. The molecule has 1 N–H and O–H groups in total. The highest BCUT2D eigenvalue weighted by molar-refractivity contribution is 5.80. The molecule has 31 heavy (non-hydrogen) atoms. The molecule has 8 heteroatoms. The number of hydrogen-bond acceptors (Lipinski definition) is 8. The lowest BCUT2D eigenvalue weighted by Crippen LogP contribution is -2.38. The number of anilines is 2. The second-order valence-corrected chi connectivity index (χ2v) is 7.73. The first-order chi connectivity index (χ1) is 15.3. The summed E-state index contributed by atoms with van der Waals surface area (Å²) in [6.07, 6.45) is 1.74. The maximum absolute atomic E-state index is 6.03. The number of hydrazone groups is 1. The summed E-state index contributed by atoms with van der Waals surface area (Å²) in [7, 11) is 0. The monoisotopic (exact) mass is 425 g/mol. The zero-order chi connectivity index (χ0) is 21.3. The van der Waals surface area contributed by atoms with Gasteiger partial charge in [-0.3, -0.25) is 10.3 Å². The molecule has 2 fully saturated rings. The van der Waals surface area contributed by atoms with Gasteiger partial charge in [0.05, 0.1) is 44.0 Å². The number of nitrogens with one attached hydrogen (secondary N) is 1. The minimum Gasteiger partial charge on any atom is -0.476 e. The maximum Gasteiger partial charge on any atom is 0.215 e. The number of ether oxygens (including phenoxy) is 3. The van der Waals surface area contributed by atoms with Gasteiger partial charge in [-0.25, -0.2) is 4.98 Å². The number of hydrogen-bond donors (Lipinski definition) is 1. The van der Waals surface area contributed by atoms with E-state index in [2.05, 4.69) is 44.4 Å². The number of aryl methyl sites for hydroxylation is 1. The van der Waals surface area contributed by atoms with E-state index in [-0.39, 0.29) is 0 Å². The third-order valence-electron chi connectivity index (χ3n) is 5.35. The van der Waals surface area contributed by atoms with Gasteiger partial charge >= 0.3 is 0 Å². The molecule has 2 aromatic rings. The lowest BCUT2D eigenvalue weighted by molar-refractivity contribution is 0.0320. The summed E-state index contributed by atoms with van der Waals surface area (Å²) >= 11 is 0. The van der Waals surface area contributed by atoms with Gasteiger partial charge in [0.15, 0.2) is 0 Å². The molecule has 4 rings (SSSR count). The Labute approximate surface area is 183 Å². The highest BCUT2D eigenvalue weighted by Gasteiger charge is 2.15. The molecule has 0 radical (unpaired) electrons. The predicted octanol–water partition coefficient (Wildman–Crippen LogP) is 2.38. The highest BCUT2D eigenvalue weighted by atomic mass is 16.5. The molecule has 166 valence electrons.